The molecule has 0 aliphatic rings. The number of aliphatic hydroxyl groups excluding tert-OH is 1. The molecule has 1 N–H and O–H groups in total. The Kier molecular flexibility index (Phi) is 5.67. The zero-order valence-corrected chi connectivity index (χ0v) is 11.1. The van der Waals surface area contributed by atoms with Crippen LogP contribution in [0.4, 0.5) is 0 Å². The van der Waals surface area contributed by atoms with E-state index in [0.717, 1.165) is 0 Å². The molecule has 0 aliphatic heterocycles. The molecule has 0 amide bonds. The first kappa shape index (κ1) is 14.8. The lowest BCUT2D eigenvalue weighted by atomic mass is 9.99. The van der Waals surface area contributed by atoms with Crippen molar-refractivity contribution in [3.05, 3.63) is 0 Å². The minimum Gasteiger partial charge on any atom is -0.392 e. The highest BCUT2D eigenvalue weighted by atomic mass is 32.2. The maximum Gasteiger partial charge on any atom is 0.150 e. The third kappa shape index (κ3) is 4.89. The molecule has 3 atom stereocenters. The average molecular weight is 234 g/mol. The summed E-state index contributed by atoms with van der Waals surface area (Å²) < 4.78 is 11.3. The molecule has 0 aromatic rings. The lowest BCUT2D eigenvalue weighted by Gasteiger charge is -2.20. The van der Waals surface area contributed by atoms with Gasteiger partial charge in [0, 0.05) is 21.5 Å². The van der Waals surface area contributed by atoms with E-state index in [2.05, 4.69) is 0 Å². The minimum absolute atomic E-state index is 0.0434. The van der Waals surface area contributed by atoms with Gasteiger partial charge in [-0.3, -0.25) is 9.00 Å². The van der Waals surface area contributed by atoms with Gasteiger partial charge in [0.15, 0.2) is 5.78 Å². The van der Waals surface area contributed by atoms with Gasteiger partial charge in [0.2, 0.25) is 0 Å². The molecule has 0 aromatic carbocycles. The van der Waals surface area contributed by atoms with Crippen molar-refractivity contribution in [2.24, 2.45) is 5.92 Å². The fourth-order valence-electron chi connectivity index (χ4n) is 1.05. The van der Waals surface area contributed by atoms with Gasteiger partial charge in [-0.25, -0.2) is 0 Å². The van der Waals surface area contributed by atoms with Crippen LogP contribution in [0.5, 0.6) is 0 Å². The highest BCUT2D eigenvalue weighted by Crippen LogP contribution is 2.15. The summed E-state index contributed by atoms with van der Waals surface area (Å²) in [7, 11) is -1.17. The van der Waals surface area contributed by atoms with E-state index in [1.807, 2.05) is 27.7 Å². The van der Waals surface area contributed by atoms with Crippen LogP contribution in [0.3, 0.4) is 0 Å². The topological polar surface area (TPSA) is 54.4 Å². The number of hydrogen-bond donors (Lipinski definition) is 1. The average Bonchev–Trinajstić information content (AvgIpc) is 2.13. The Morgan fingerprint density at radius 3 is 2.20 bits per heavy atom. The standard InChI is InChI=1S/C11H22O3S/c1-6-9(12)8(2)10(13)7-15(14)11(3,4)5/h8-9,12H,6-7H2,1-5H3/t8-,9+,15-/m1/s1. The monoisotopic (exact) mass is 234 g/mol. The minimum atomic E-state index is -1.17. The zero-order chi connectivity index (χ0) is 12.2. The smallest absolute Gasteiger partial charge is 0.150 e. The Morgan fingerprint density at radius 2 is 1.87 bits per heavy atom. The van der Waals surface area contributed by atoms with Crippen molar-refractivity contribution >= 4 is 16.6 Å². The van der Waals surface area contributed by atoms with Gasteiger partial charge >= 0.3 is 0 Å². The van der Waals surface area contributed by atoms with Gasteiger partial charge in [-0.05, 0) is 27.2 Å². The molecule has 0 aromatic heterocycles. The van der Waals surface area contributed by atoms with Gasteiger partial charge in [0.1, 0.15) is 0 Å². The van der Waals surface area contributed by atoms with E-state index in [4.69, 9.17) is 0 Å². The van der Waals surface area contributed by atoms with Crippen LogP contribution in [0.15, 0.2) is 0 Å². The molecule has 0 spiro atoms. The third-order valence-electron chi connectivity index (χ3n) is 2.46. The van der Waals surface area contributed by atoms with E-state index in [9.17, 15) is 14.1 Å². The molecule has 0 saturated heterocycles. The Bertz CT molecular complexity index is 243. The molecule has 0 rings (SSSR count). The number of hydrogen-bond acceptors (Lipinski definition) is 3. The van der Waals surface area contributed by atoms with Crippen LogP contribution in [0.25, 0.3) is 0 Å². The van der Waals surface area contributed by atoms with E-state index in [-0.39, 0.29) is 16.3 Å². The highest BCUT2D eigenvalue weighted by Gasteiger charge is 2.26. The number of ketones is 1. The summed E-state index contributed by atoms with van der Waals surface area (Å²) in [6, 6.07) is 0. The molecule has 0 bridgehead atoms. The van der Waals surface area contributed by atoms with Crippen LogP contribution in [0.1, 0.15) is 41.0 Å². The summed E-state index contributed by atoms with van der Waals surface area (Å²) in [4.78, 5) is 11.6. The molecular weight excluding hydrogens is 212 g/mol. The maximum absolute atomic E-state index is 11.7. The fraction of sp³-hybridized carbons (Fsp3) is 0.909. The zero-order valence-electron chi connectivity index (χ0n) is 10.2. The molecule has 0 heterocycles. The first-order valence-electron chi connectivity index (χ1n) is 5.29. The van der Waals surface area contributed by atoms with Gasteiger partial charge in [0.25, 0.3) is 0 Å². The van der Waals surface area contributed by atoms with Crippen LogP contribution in [0, 0.1) is 5.92 Å². The second kappa shape index (κ2) is 5.75. The van der Waals surface area contributed by atoms with Crippen LogP contribution < -0.4 is 0 Å². The summed E-state index contributed by atoms with van der Waals surface area (Å²) in [5.74, 6) is -0.485. The fourth-order valence-corrected chi connectivity index (χ4v) is 2.00. The lowest BCUT2D eigenvalue weighted by molar-refractivity contribution is -0.123. The SMILES string of the molecule is CC[C@H](O)[C@@H](C)C(=O)C[S@@](=O)C(C)(C)C. The first-order chi connectivity index (χ1) is 6.70. The Morgan fingerprint density at radius 1 is 1.40 bits per heavy atom. The van der Waals surface area contributed by atoms with Crippen molar-refractivity contribution < 1.29 is 14.1 Å². The molecule has 0 saturated carbocycles. The molecule has 4 heteroatoms. The predicted octanol–water partition coefficient (Wildman–Crippen LogP) is 1.51. The first-order valence-corrected chi connectivity index (χ1v) is 6.61. The molecule has 0 fully saturated rings. The van der Waals surface area contributed by atoms with Gasteiger partial charge in [0.05, 0.1) is 11.9 Å². The summed E-state index contributed by atoms with van der Waals surface area (Å²) in [6.45, 7) is 9.05. The van der Waals surface area contributed by atoms with E-state index >= 15 is 0 Å². The summed E-state index contributed by atoms with van der Waals surface area (Å²) >= 11 is 0. The van der Waals surface area contributed by atoms with E-state index in [0.29, 0.717) is 6.42 Å². The molecular formula is C11H22O3S. The summed E-state index contributed by atoms with van der Waals surface area (Å²) in [5, 5.41) is 9.49. The van der Waals surface area contributed by atoms with Crippen molar-refractivity contribution in [2.75, 3.05) is 5.75 Å². The molecule has 90 valence electrons. The molecule has 0 radical (unpaired) electrons. The van der Waals surface area contributed by atoms with Gasteiger partial charge in [-0.1, -0.05) is 13.8 Å². The largest absolute Gasteiger partial charge is 0.392 e. The highest BCUT2D eigenvalue weighted by molar-refractivity contribution is 7.87. The predicted molar refractivity (Wildman–Crippen MR) is 63.2 cm³/mol. The normalized spacial score (nSPS) is 18.3. The molecule has 0 aliphatic carbocycles. The van der Waals surface area contributed by atoms with Gasteiger partial charge < -0.3 is 5.11 Å². The van der Waals surface area contributed by atoms with Gasteiger partial charge in [-0.2, -0.15) is 0 Å². The van der Waals surface area contributed by atoms with Crippen LogP contribution >= 0.6 is 0 Å². The quantitative estimate of drug-likeness (QED) is 0.784. The van der Waals surface area contributed by atoms with E-state index in [1.54, 1.807) is 6.92 Å². The number of aliphatic hydroxyl groups is 1. The number of carbonyl (C=O) groups is 1. The maximum atomic E-state index is 11.7. The van der Waals surface area contributed by atoms with Crippen LogP contribution in [0.2, 0.25) is 0 Å². The van der Waals surface area contributed by atoms with E-state index < -0.39 is 22.8 Å². The molecule has 3 nitrogen and oxygen atoms in total. The Labute approximate surface area is 94.7 Å². The summed E-state index contributed by atoms with van der Waals surface area (Å²) in [5.41, 5.74) is 0. The second-order valence-electron chi connectivity index (χ2n) is 4.83. The Hall–Kier alpha value is -0.220. The summed E-state index contributed by atoms with van der Waals surface area (Å²) in [6.07, 6.45) is -0.0656. The number of rotatable bonds is 5. The van der Waals surface area contributed by atoms with Crippen LogP contribution in [-0.4, -0.2) is 31.7 Å². The lowest BCUT2D eigenvalue weighted by Crippen LogP contribution is -2.33. The van der Waals surface area contributed by atoms with Crippen molar-refractivity contribution in [1.82, 2.24) is 0 Å². The molecule has 15 heavy (non-hydrogen) atoms. The van der Waals surface area contributed by atoms with Crippen molar-refractivity contribution in [1.29, 1.82) is 0 Å². The van der Waals surface area contributed by atoms with Gasteiger partial charge in [-0.15, -0.1) is 0 Å². The second-order valence-corrected chi connectivity index (χ2v) is 7.04. The van der Waals surface area contributed by atoms with Crippen molar-refractivity contribution in [2.45, 2.75) is 51.9 Å². The van der Waals surface area contributed by atoms with Crippen molar-refractivity contribution in [3.8, 4) is 0 Å². The Balaban J connectivity index is 4.32. The third-order valence-corrected chi connectivity index (χ3v) is 4.37. The number of Topliss-reactive ketones (excluding diaryl/α,β-unsaturated/α-hetero) is 1. The van der Waals surface area contributed by atoms with E-state index in [1.165, 1.54) is 0 Å². The van der Waals surface area contributed by atoms with Crippen LogP contribution in [-0.2, 0) is 15.6 Å². The molecule has 0 unspecified atom stereocenters. The van der Waals surface area contributed by atoms with Crippen molar-refractivity contribution in [3.63, 3.8) is 0 Å². The number of carbonyl (C=O) groups excluding carboxylic acids is 1.